The van der Waals surface area contributed by atoms with Crippen molar-refractivity contribution in [2.45, 2.75) is 45.4 Å². The summed E-state index contributed by atoms with van der Waals surface area (Å²) < 4.78 is 27.2. The molecule has 1 aromatic carbocycles. The molecule has 0 unspecified atom stereocenters. The second-order valence-corrected chi connectivity index (χ2v) is 8.99. The molecule has 5 nitrogen and oxygen atoms in total. The number of carbonyl (C=O) groups is 1. The number of rotatable bonds is 5. The first kappa shape index (κ1) is 18.9. The van der Waals surface area contributed by atoms with Crippen molar-refractivity contribution in [2.24, 2.45) is 11.8 Å². The largest absolute Gasteiger partial charge is 0.356 e. The van der Waals surface area contributed by atoms with Crippen molar-refractivity contribution < 1.29 is 13.2 Å². The Balaban J connectivity index is 2.02. The lowest BCUT2D eigenvalue weighted by atomic mass is 9.97. The minimum atomic E-state index is -3.48. The summed E-state index contributed by atoms with van der Waals surface area (Å²) in [6.07, 6.45) is 1.15. The Kier molecular flexibility index (Phi) is 6.04. The molecule has 1 fully saturated rings. The van der Waals surface area contributed by atoms with Crippen LogP contribution in [0.4, 0.5) is 0 Å². The van der Waals surface area contributed by atoms with Gasteiger partial charge in [0.15, 0.2) is 0 Å². The van der Waals surface area contributed by atoms with Crippen LogP contribution >= 0.6 is 0 Å². The standard InChI is InChI=1S/C18H28N2O3S/c1-13(2)12-19-18(21)16-7-9-20(10-8-16)24(22,23)17-6-5-14(3)11-15(17)4/h5-6,11,13,16H,7-10,12H2,1-4H3,(H,19,21). The van der Waals surface area contributed by atoms with Crippen LogP contribution in [0.15, 0.2) is 23.1 Å². The molecule has 0 atom stereocenters. The summed E-state index contributed by atoms with van der Waals surface area (Å²) in [6.45, 7) is 9.35. The molecule has 0 spiro atoms. The Labute approximate surface area is 145 Å². The SMILES string of the molecule is Cc1ccc(S(=O)(=O)N2CCC(C(=O)NCC(C)C)CC2)c(C)c1. The van der Waals surface area contributed by atoms with Gasteiger partial charge in [-0.05, 0) is 44.2 Å². The zero-order valence-electron chi connectivity index (χ0n) is 15.0. The van der Waals surface area contributed by atoms with E-state index in [1.165, 1.54) is 4.31 Å². The zero-order valence-corrected chi connectivity index (χ0v) is 15.8. The van der Waals surface area contributed by atoms with Gasteiger partial charge in [-0.3, -0.25) is 4.79 Å². The Morgan fingerprint density at radius 2 is 1.88 bits per heavy atom. The van der Waals surface area contributed by atoms with Crippen LogP contribution in [0.3, 0.4) is 0 Å². The van der Waals surface area contributed by atoms with Gasteiger partial charge in [0, 0.05) is 25.6 Å². The van der Waals surface area contributed by atoms with Gasteiger partial charge in [-0.25, -0.2) is 8.42 Å². The molecule has 1 N–H and O–H groups in total. The number of nitrogens with one attached hydrogen (secondary N) is 1. The minimum absolute atomic E-state index is 0.0484. The van der Waals surface area contributed by atoms with Crippen molar-refractivity contribution in [3.63, 3.8) is 0 Å². The predicted molar refractivity (Wildman–Crippen MR) is 95.2 cm³/mol. The number of benzene rings is 1. The minimum Gasteiger partial charge on any atom is -0.356 e. The van der Waals surface area contributed by atoms with Crippen LogP contribution in [-0.2, 0) is 14.8 Å². The van der Waals surface area contributed by atoms with E-state index < -0.39 is 10.0 Å². The molecule has 1 saturated heterocycles. The zero-order chi connectivity index (χ0) is 17.9. The smallest absolute Gasteiger partial charge is 0.243 e. The first-order valence-corrected chi connectivity index (χ1v) is 10.0. The fourth-order valence-electron chi connectivity index (χ4n) is 3.04. The van der Waals surface area contributed by atoms with Crippen LogP contribution < -0.4 is 5.32 Å². The molecule has 0 bridgehead atoms. The van der Waals surface area contributed by atoms with Crippen LogP contribution in [0.1, 0.15) is 37.8 Å². The van der Waals surface area contributed by atoms with Crippen molar-refractivity contribution in [2.75, 3.05) is 19.6 Å². The molecule has 0 aliphatic carbocycles. The van der Waals surface area contributed by atoms with E-state index in [0.717, 1.165) is 11.1 Å². The maximum atomic E-state index is 12.8. The monoisotopic (exact) mass is 352 g/mol. The normalized spacial score (nSPS) is 17.2. The molecule has 1 aliphatic heterocycles. The predicted octanol–water partition coefficient (Wildman–Crippen LogP) is 2.48. The number of hydrogen-bond donors (Lipinski definition) is 1. The Morgan fingerprint density at radius 1 is 1.25 bits per heavy atom. The molecule has 24 heavy (non-hydrogen) atoms. The van der Waals surface area contributed by atoms with Crippen molar-refractivity contribution in [1.82, 2.24) is 9.62 Å². The Bertz CT molecular complexity index is 690. The van der Waals surface area contributed by atoms with Crippen LogP contribution in [0, 0.1) is 25.7 Å². The number of hydrogen-bond acceptors (Lipinski definition) is 3. The average Bonchev–Trinajstić information content (AvgIpc) is 2.52. The second kappa shape index (κ2) is 7.66. The topological polar surface area (TPSA) is 66.5 Å². The highest BCUT2D eigenvalue weighted by Gasteiger charge is 2.32. The highest BCUT2D eigenvalue weighted by Crippen LogP contribution is 2.26. The second-order valence-electron chi connectivity index (χ2n) is 7.09. The molecule has 1 heterocycles. The van der Waals surface area contributed by atoms with Gasteiger partial charge < -0.3 is 5.32 Å². The lowest BCUT2D eigenvalue weighted by molar-refractivity contribution is -0.126. The maximum Gasteiger partial charge on any atom is 0.243 e. The van der Waals surface area contributed by atoms with Gasteiger partial charge in [-0.1, -0.05) is 31.5 Å². The van der Waals surface area contributed by atoms with Crippen LogP contribution in [0.5, 0.6) is 0 Å². The molecule has 1 aromatic rings. The summed E-state index contributed by atoms with van der Waals surface area (Å²) in [4.78, 5) is 12.5. The van der Waals surface area contributed by atoms with Gasteiger partial charge in [0.25, 0.3) is 0 Å². The first-order valence-electron chi connectivity index (χ1n) is 8.57. The van der Waals surface area contributed by atoms with E-state index in [0.29, 0.717) is 43.3 Å². The summed E-state index contributed by atoms with van der Waals surface area (Å²) >= 11 is 0. The fourth-order valence-corrected chi connectivity index (χ4v) is 4.71. The van der Waals surface area contributed by atoms with Crippen molar-refractivity contribution in [1.29, 1.82) is 0 Å². The summed E-state index contributed by atoms with van der Waals surface area (Å²) in [5.41, 5.74) is 1.82. The lowest BCUT2D eigenvalue weighted by Crippen LogP contribution is -2.43. The van der Waals surface area contributed by atoms with E-state index in [4.69, 9.17) is 0 Å². The highest BCUT2D eigenvalue weighted by atomic mass is 32.2. The van der Waals surface area contributed by atoms with E-state index in [2.05, 4.69) is 19.2 Å². The molecule has 0 aromatic heterocycles. The van der Waals surface area contributed by atoms with E-state index in [1.807, 2.05) is 26.0 Å². The van der Waals surface area contributed by atoms with Gasteiger partial charge in [-0.15, -0.1) is 0 Å². The van der Waals surface area contributed by atoms with E-state index in [9.17, 15) is 13.2 Å². The summed E-state index contributed by atoms with van der Waals surface area (Å²) in [6, 6.07) is 5.40. The Hall–Kier alpha value is -1.40. The third-order valence-electron chi connectivity index (χ3n) is 4.46. The fraction of sp³-hybridized carbons (Fsp3) is 0.611. The van der Waals surface area contributed by atoms with E-state index in [-0.39, 0.29) is 11.8 Å². The van der Waals surface area contributed by atoms with Crippen molar-refractivity contribution in [3.05, 3.63) is 29.3 Å². The van der Waals surface area contributed by atoms with Gasteiger partial charge in [0.05, 0.1) is 4.90 Å². The van der Waals surface area contributed by atoms with Gasteiger partial charge in [-0.2, -0.15) is 4.31 Å². The number of sulfonamides is 1. The molecule has 6 heteroatoms. The lowest BCUT2D eigenvalue weighted by Gasteiger charge is -2.31. The van der Waals surface area contributed by atoms with Gasteiger partial charge >= 0.3 is 0 Å². The van der Waals surface area contributed by atoms with Gasteiger partial charge in [0.1, 0.15) is 0 Å². The highest BCUT2D eigenvalue weighted by molar-refractivity contribution is 7.89. The molecule has 0 saturated carbocycles. The summed E-state index contributed by atoms with van der Waals surface area (Å²) in [5, 5.41) is 2.95. The van der Waals surface area contributed by atoms with Crippen molar-refractivity contribution >= 4 is 15.9 Å². The number of carbonyl (C=O) groups excluding carboxylic acids is 1. The Morgan fingerprint density at radius 3 is 2.42 bits per heavy atom. The summed E-state index contributed by atoms with van der Waals surface area (Å²) in [5.74, 6) is 0.375. The van der Waals surface area contributed by atoms with E-state index >= 15 is 0 Å². The molecule has 2 rings (SSSR count). The number of nitrogens with zero attached hydrogens (tertiary/aromatic N) is 1. The van der Waals surface area contributed by atoms with Gasteiger partial charge in [0.2, 0.25) is 15.9 Å². The average molecular weight is 353 g/mol. The maximum absolute atomic E-state index is 12.8. The summed E-state index contributed by atoms with van der Waals surface area (Å²) in [7, 11) is -3.48. The van der Waals surface area contributed by atoms with Crippen molar-refractivity contribution in [3.8, 4) is 0 Å². The van der Waals surface area contributed by atoms with Crippen LogP contribution in [-0.4, -0.2) is 38.3 Å². The number of amides is 1. The van der Waals surface area contributed by atoms with Crippen LogP contribution in [0.2, 0.25) is 0 Å². The third kappa shape index (κ3) is 4.36. The quantitative estimate of drug-likeness (QED) is 0.885. The molecule has 134 valence electrons. The van der Waals surface area contributed by atoms with E-state index in [1.54, 1.807) is 6.07 Å². The molecule has 1 amide bonds. The molecule has 1 aliphatic rings. The third-order valence-corrected chi connectivity index (χ3v) is 6.52. The first-order chi connectivity index (χ1) is 11.2. The molecular formula is C18H28N2O3S. The number of piperidine rings is 1. The number of aryl methyl sites for hydroxylation is 2. The van der Waals surface area contributed by atoms with Crippen LogP contribution in [0.25, 0.3) is 0 Å². The molecular weight excluding hydrogens is 324 g/mol. The molecule has 0 radical (unpaired) electrons.